The number of unbranched alkanes of at least 4 members (excludes halogenated alkanes) is 1. The van der Waals surface area contributed by atoms with Crippen molar-refractivity contribution in [1.29, 1.82) is 0 Å². The van der Waals surface area contributed by atoms with E-state index in [1.165, 1.54) is 0 Å². The summed E-state index contributed by atoms with van der Waals surface area (Å²) in [7, 11) is 0. The van der Waals surface area contributed by atoms with Crippen molar-refractivity contribution in [1.82, 2.24) is 4.90 Å². The molecule has 0 aliphatic heterocycles. The Bertz CT molecular complexity index is 305. The molecule has 0 bridgehead atoms. The predicted octanol–water partition coefficient (Wildman–Crippen LogP) is 2.79. The fourth-order valence-corrected chi connectivity index (χ4v) is 1.91. The monoisotopic (exact) mass is 301 g/mol. The number of rotatable bonds is 12. The molecule has 0 saturated carbocycles. The molecule has 21 heavy (non-hydrogen) atoms. The molecule has 0 rings (SSSR count). The van der Waals surface area contributed by atoms with Gasteiger partial charge in [-0.2, -0.15) is 0 Å². The summed E-state index contributed by atoms with van der Waals surface area (Å²) in [6.07, 6.45) is 3.37. The maximum atomic E-state index is 12.2. The Kier molecular flexibility index (Phi) is 10.9. The molecule has 0 aliphatic carbocycles. The van der Waals surface area contributed by atoms with E-state index in [1.54, 1.807) is 11.8 Å². The molecule has 0 spiro atoms. The lowest BCUT2D eigenvalue weighted by atomic mass is 10.1. The van der Waals surface area contributed by atoms with Crippen molar-refractivity contribution < 1.29 is 19.4 Å². The number of carboxylic acid groups (broad SMARTS) is 1. The van der Waals surface area contributed by atoms with E-state index in [0.717, 1.165) is 25.9 Å². The summed E-state index contributed by atoms with van der Waals surface area (Å²) >= 11 is 0. The first-order valence-corrected chi connectivity index (χ1v) is 7.96. The first-order valence-electron chi connectivity index (χ1n) is 7.96. The van der Waals surface area contributed by atoms with Crippen LogP contribution in [-0.2, 0) is 14.3 Å². The van der Waals surface area contributed by atoms with E-state index in [9.17, 15) is 9.59 Å². The summed E-state index contributed by atoms with van der Waals surface area (Å²) in [5.41, 5.74) is 0. The molecule has 0 radical (unpaired) electrons. The summed E-state index contributed by atoms with van der Waals surface area (Å²) in [5.74, 6) is -1.09. The highest BCUT2D eigenvalue weighted by Crippen LogP contribution is 2.08. The number of hydrogen-bond donors (Lipinski definition) is 1. The fourth-order valence-electron chi connectivity index (χ4n) is 1.91. The largest absolute Gasteiger partial charge is 0.481 e. The highest BCUT2D eigenvalue weighted by molar-refractivity contribution is 5.77. The third kappa shape index (κ3) is 10.3. The molecule has 0 fully saturated rings. The van der Waals surface area contributed by atoms with Gasteiger partial charge in [-0.25, -0.2) is 0 Å². The zero-order chi connectivity index (χ0) is 16.3. The fraction of sp³-hybridized carbons (Fsp3) is 0.875. The lowest BCUT2D eigenvalue weighted by molar-refractivity contribution is -0.143. The number of ether oxygens (including phenoxy) is 1. The van der Waals surface area contributed by atoms with E-state index in [2.05, 4.69) is 6.92 Å². The molecule has 5 heteroatoms. The second-order valence-electron chi connectivity index (χ2n) is 6.00. The zero-order valence-electron chi connectivity index (χ0n) is 13.9. The van der Waals surface area contributed by atoms with Crippen LogP contribution in [0.3, 0.4) is 0 Å². The Balaban J connectivity index is 4.24. The molecule has 1 N–H and O–H groups in total. The average Bonchev–Trinajstić information content (AvgIpc) is 2.40. The Labute approximate surface area is 128 Å². The molecule has 124 valence electrons. The van der Waals surface area contributed by atoms with Gasteiger partial charge in [0.2, 0.25) is 5.91 Å². The van der Waals surface area contributed by atoms with Crippen molar-refractivity contribution in [3.8, 4) is 0 Å². The van der Waals surface area contributed by atoms with Crippen LogP contribution in [-0.4, -0.2) is 48.2 Å². The molecular weight excluding hydrogens is 270 g/mol. The minimum absolute atomic E-state index is 0.0339. The van der Waals surface area contributed by atoms with E-state index in [0.29, 0.717) is 19.6 Å². The average molecular weight is 301 g/mol. The highest BCUT2D eigenvalue weighted by atomic mass is 16.5. The van der Waals surface area contributed by atoms with Crippen LogP contribution in [0.4, 0.5) is 0 Å². The van der Waals surface area contributed by atoms with Gasteiger partial charge in [0.15, 0.2) is 0 Å². The van der Waals surface area contributed by atoms with Gasteiger partial charge >= 0.3 is 5.97 Å². The lowest BCUT2D eigenvalue weighted by Gasteiger charge is -2.25. The number of carbonyl (C=O) groups is 2. The topological polar surface area (TPSA) is 66.8 Å². The number of carbonyl (C=O) groups excluding carboxylic acids is 1. The number of carboxylic acids is 1. The van der Waals surface area contributed by atoms with Crippen molar-refractivity contribution in [3.05, 3.63) is 0 Å². The Hall–Kier alpha value is -1.10. The van der Waals surface area contributed by atoms with Crippen molar-refractivity contribution in [2.75, 3.05) is 26.3 Å². The molecule has 1 amide bonds. The van der Waals surface area contributed by atoms with Crippen LogP contribution in [0.5, 0.6) is 0 Å². The summed E-state index contributed by atoms with van der Waals surface area (Å²) in [5, 5.41) is 9.00. The molecule has 0 heterocycles. The number of hydrogen-bond acceptors (Lipinski definition) is 3. The Morgan fingerprint density at radius 3 is 2.29 bits per heavy atom. The zero-order valence-corrected chi connectivity index (χ0v) is 13.9. The molecule has 0 aromatic carbocycles. The standard InChI is InChI=1S/C16H31NO4/c1-5-6-9-21-10-7-8-17(12-14(4)16(19)20)15(18)11-13(2)3/h13-14H,5-12H2,1-4H3,(H,19,20). The van der Waals surface area contributed by atoms with Gasteiger partial charge in [-0.15, -0.1) is 0 Å². The van der Waals surface area contributed by atoms with Gasteiger partial charge in [0.25, 0.3) is 0 Å². The van der Waals surface area contributed by atoms with E-state index in [1.807, 2.05) is 13.8 Å². The van der Waals surface area contributed by atoms with Crippen LogP contribution >= 0.6 is 0 Å². The summed E-state index contributed by atoms with van der Waals surface area (Å²) in [6.45, 7) is 9.94. The second-order valence-corrected chi connectivity index (χ2v) is 6.00. The third-order valence-corrected chi connectivity index (χ3v) is 3.21. The first-order chi connectivity index (χ1) is 9.88. The van der Waals surface area contributed by atoms with Gasteiger partial charge in [-0.3, -0.25) is 9.59 Å². The van der Waals surface area contributed by atoms with Crippen molar-refractivity contribution in [2.24, 2.45) is 11.8 Å². The van der Waals surface area contributed by atoms with Crippen molar-refractivity contribution in [3.63, 3.8) is 0 Å². The molecule has 1 atom stereocenters. The number of nitrogens with zero attached hydrogens (tertiary/aromatic N) is 1. The van der Waals surface area contributed by atoms with Gasteiger partial charge in [-0.1, -0.05) is 34.1 Å². The van der Waals surface area contributed by atoms with Crippen LogP contribution in [0.15, 0.2) is 0 Å². The van der Waals surface area contributed by atoms with Crippen molar-refractivity contribution >= 4 is 11.9 Å². The minimum atomic E-state index is -0.864. The molecule has 5 nitrogen and oxygen atoms in total. The predicted molar refractivity (Wildman–Crippen MR) is 83.2 cm³/mol. The van der Waals surface area contributed by atoms with Gasteiger partial charge < -0.3 is 14.7 Å². The molecule has 0 aromatic rings. The molecular formula is C16H31NO4. The maximum Gasteiger partial charge on any atom is 0.308 e. The third-order valence-electron chi connectivity index (χ3n) is 3.21. The molecule has 0 saturated heterocycles. The van der Waals surface area contributed by atoms with Crippen LogP contribution in [0.25, 0.3) is 0 Å². The van der Waals surface area contributed by atoms with E-state index >= 15 is 0 Å². The van der Waals surface area contributed by atoms with Crippen LogP contribution in [0.2, 0.25) is 0 Å². The smallest absolute Gasteiger partial charge is 0.308 e. The maximum absolute atomic E-state index is 12.2. The molecule has 1 unspecified atom stereocenters. The number of amides is 1. The van der Waals surface area contributed by atoms with Crippen LogP contribution < -0.4 is 0 Å². The molecule has 0 aromatic heterocycles. The lowest BCUT2D eigenvalue weighted by Crippen LogP contribution is -2.38. The first kappa shape index (κ1) is 19.9. The number of aliphatic carboxylic acids is 1. The van der Waals surface area contributed by atoms with Gasteiger partial charge in [0.1, 0.15) is 0 Å². The molecule has 0 aliphatic rings. The summed E-state index contributed by atoms with van der Waals surface area (Å²) in [6, 6.07) is 0. The SMILES string of the molecule is CCCCOCCCN(CC(C)C(=O)O)C(=O)CC(C)C. The normalized spacial score (nSPS) is 12.4. The van der Waals surface area contributed by atoms with Crippen LogP contribution in [0, 0.1) is 11.8 Å². The quantitative estimate of drug-likeness (QED) is 0.563. The van der Waals surface area contributed by atoms with E-state index < -0.39 is 11.9 Å². The van der Waals surface area contributed by atoms with Gasteiger partial charge in [0, 0.05) is 32.7 Å². The van der Waals surface area contributed by atoms with Crippen LogP contribution in [0.1, 0.15) is 53.4 Å². The van der Waals surface area contributed by atoms with Gasteiger partial charge in [-0.05, 0) is 18.8 Å². The van der Waals surface area contributed by atoms with E-state index in [4.69, 9.17) is 9.84 Å². The summed E-state index contributed by atoms with van der Waals surface area (Å²) in [4.78, 5) is 24.8. The summed E-state index contributed by atoms with van der Waals surface area (Å²) < 4.78 is 5.48. The second kappa shape index (κ2) is 11.5. The van der Waals surface area contributed by atoms with E-state index in [-0.39, 0.29) is 18.4 Å². The Morgan fingerprint density at radius 2 is 1.76 bits per heavy atom. The van der Waals surface area contributed by atoms with Gasteiger partial charge in [0.05, 0.1) is 5.92 Å². The minimum Gasteiger partial charge on any atom is -0.481 e. The van der Waals surface area contributed by atoms with Crippen molar-refractivity contribution in [2.45, 2.75) is 53.4 Å². The Morgan fingerprint density at radius 1 is 1.14 bits per heavy atom. The highest BCUT2D eigenvalue weighted by Gasteiger charge is 2.20.